The average Bonchev–Trinajstić information content (AvgIpc) is 2.65. The minimum atomic E-state index is -0.531. The number of anilines is 1. The van der Waals surface area contributed by atoms with Crippen molar-refractivity contribution in [2.75, 3.05) is 51.1 Å². The lowest BCUT2D eigenvalue weighted by Crippen LogP contribution is -2.52. The number of rotatable bonds is 7. The van der Waals surface area contributed by atoms with Crippen LogP contribution in [0.5, 0.6) is 0 Å². The minimum absolute atomic E-state index is 0.0331. The monoisotopic (exact) mass is 387 g/mol. The van der Waals surface area contributed by atoms with Crippen LogP contribution < -0.4 is 16.0 Å². The van der Waals surface area contributed by atoms with E-state index in [1.165, 1.54) is 0 Å². The molecule has 0 aliphatic carbocycles. The lowest BCUT2D eigenvalue weighted by Gasteiger charge is -2.33. The Morgan fingerprint density at radius 3 is 2.25 bits per heavy atom. The van der Waals surface area contributed by atoms with Crippen molar-refractivity contribution in [3.05, 3.63) is 42.0 Å². The van der Waals surface area contributed by atoms with E-state index in [-0.39, 0.29) is 18.4 Å². The van der Waals surface area contributed by atoms with Crippen LogP contribution in [-0.4, -0.2) is 73.5 Å². The number of amides is 4. The van der Waals surface area contributed by atoms with Crippen LogP contribution >= 0.6 is 0 Å². The topological polar surface area (TPSA) is 93.8 Å². The van der Waals surface area contributed by atoms with E-state index in [1.54, 1.807) is 12.1 Å². The Hall–Kier alpha value is -2.71. The molecule has 3 N–H and O–H groups in total. The van der Waals surface area contributed by atoms with Gasteiger partial charge in [0.05, 0.1) is 13.1 Å². The number of nitrogens with zero attached hydrogens (tertiary/aromatic N) is 2. The first-order chi connectivity index (χ1) is 13.4. The van der Waals surface area contributed by atoms with Gasteiger partial charge in [0.25, 0.3) is 0 Å². The van der Waals surface area contributed by atoms with Crippen LogP contribution in [0.25, 0.3) is 0 Å². The molecular weight excluding hydrogens is 358 g/mol. The molecule has 152 valence electrons. The number of urea groups is 1. The second-order valence-electron chi connectivity index (χ2n) is 6.89. The van der Waals surface area contributed by atoms with Gasteiger partial charge in [0.15, 0.2) is 0 Å². The van der Waals surface area contributed by atoms with Gasteiger partial charge in [0, 0.05) is 38.4 Å². The lowest BCUT2D eigenvalue weighted by atomic mass is 10.1. The van der Waals surface area contributed by atoms with E-state index in [9.17, 15) is 14.4 Å². The van der Waals surface area contributed by atoms with Gasteiger partial charge in [-0.2, -0.15) is 0 Å². The first-order valence-corrected chi connectivity index (χ1v) is 9.38. The van der Waals surface area contributed by atoms with Gasteiger partial charge in [0.2, 0.25) is 11.8 Å². The molecule has 0 unspecified atom stereocenters. The Kier molecular flexibility index (Phi) is 8.16. The Labute approximate surface area is 165 Å². The highest BCUT2D eigenvalue weighted by atomic mass is 16.2. The molecule has 1 fully saturated rings. The molecule has 0 aromatic heterocycles. The zero-order chi connectivity index (χ0) is 20.5. The normalized spacial score (nSPS) is 14.9. The maximum atomic E-state index is 12.1. The average molecular weight is 387 g/mol. The van der Waals surface area contributed by atoms with E-state index in [0.29, 0.717) is 45.0 Å². The number of imide groups is 1. The first kappa shape index (κ1) is 21.6. The smallest absolute Gasteiger partial charge is 0.325 e. The van der Waals surface area contributed by atoms with Gasteiger partial charge in [-0.15, -0.1) is 6.58 Å². The molecule has 0 bridgehead atoms. The van der Waals surface area contributed by atoms with E-state index >= 15 is 0 Å². The fourth-order valence-corrected chi connectivity index (χ4v) is 2.96. The van der Waals surface area contributed by atoms with Gasteiger partial charge in [-0.1, -0.05) is 18.2 Å². The molecule has 28 heavy (non-hydrogen) atoms. The Bertz CT molecular complexity index is 727. The molecule has 1 saturated heterocycles. The Morgan fingerprint density at radius 2 is 1.64 bits per heavy atom. The largest absolute Gasteiger partial charge is 0.352 e. The molecule has 1 heterocycles. The van der Waals surface area contributed by atoms with Crippen LogP contribution in [0.3, 0.4) is 0 Å². The van der Waals surface area contributed by atoms with Gasteiger partial charge < -0.3 is 10.6 Å². The second kappa shape index (κ2) is 10.6. The molecule has 1 aromatic carbocycles. The van der Waals surface area contributed by atoms with Gasteiger partial charge in [-0.3, -0.25) is 24.7 Å². The van der Waals surface area contributed by atoms with E-state index in [0.717, 1.165) is 11.1 Å². The van der Waals surface area contributed by atoms with Crippen molar-refractivity contribution >= 4 is 23.5 Å². The van der Waals surface area contributed by atoms with Crippen molar-refractivity contribution in [1.82, 2.24) is 20.4 Å². The second-order valence-corrected chi connectivity index (χ2v) is 6.89. The molecule has 1 aromatic rings. The summed E-state index contributed by atoms with van der Waals surface area (Å²) in [6.07, 6.45) is 1.64. The summed E-state index contributed by atoms with van der Waals surface area (Å²) in [5, 5.41) is 7.84. The van der Waals surface area contributed by atoms with Crippen LogP contribution in [0.15, 0.2) is 30.9 Å². The van der Waals surface area contributed by atoms with E-state index in [2.05, 4.69) is 22.5 Å². The lowest BCUT2D eigenvalue weighted by molar-refractivity contribution is -0.124. The van der Waals surface area contributed by atoms with Gasteiger partial charge >= 0.3 is 6.03 Å². The SMILES string of the molecule is C=CCNC(=O)CN1CCN(CC(=O)NC(=O)Nc2cccc(C)c2C)CC1. The van der Waals surface area contributed by atoms with Crippen LogP contribution in [-0.2, 0) is 9.59 Å². The van der Waals surface area contributed by atoms with E-state index in [1.807, 2.05) is 35.8 Å². The zero-order valence-electron chi connectivity index (χ0n) is 16.6. The zero-order valence-corrected chi connectivity index (χ0v) is 16.6. The summed E-state index contributed by atoms with van der Waals surface area (Å²) >= 11 is 0. The number of hydrogen-bond donors (Lipinski definition) is 3. The summed E-state index contributed by atoms with van der Waals surface area (Å²) in [6.45, 7) is 11.1. The van der Waals surface area contributed by atoms with Crippen LogP contribution in [0.4, 0.5) is 10.5 Å². The molecule has 8 nitrogen and oxygen atoms in total. The number of hydrogen-bond acceptors (Lipinski definition) is 5. The van der Waals surface area contributed by atoms with Crippen molar-refractivity contribution in [2.45, 2.75) is 13.8 Å². The number of nitrogens with one attached hydrogen (secondary N) is 3. The predicted octanol–water partition coefficient (Wildman–Crippen LogP) is 0.871. The first-order valence-electron chi connectivity index (χ1n) is 9.38. The third-order valence-corrected chi connectivity index (χ3v) is 4.75. The molecule has 0 saturated carbocycles. The molecular formula is C20H29N5O3. The van der Waals surface area contributed by atoms with Crippen molar-refractivity contribution in [1.29, 1.82) is 0 Å². The van der Waals surface area contributed by atoms with Crippen LogP contribution in [0.2, 0.25) is 0 Å². The summed E-state index contributed by atoms with van der Waals surface area (Å²) in [5.74, 6) is -0.380. The predicted molar refractivity (Wildman–Crippen MR) is 109 cm³/mol. The molecule has 2 rings (SSSR count). The van der Waals surface area contributed by atoms with Crippen molar-refractivity contribution in [2.24, 2.45) is 0 Å². The van der Waals surface area contributed by atoms with Crippen molar-refractivity contribution in [3.63, 3.8) is 0 Å². The Morgan fingerprint density at radius 1 is 1.04 bits per heavy atom. The van der Waals surface area contributed by atoms with Crippen molar-refractivity contribution < 1.29 is 14.4 Å². The molecule has 1 aliphatic rings. The fourth-order valence-electron chi connectivity index (χ4n) is 2.96. The quantitative estimate of drug-likeness (QED) is 0.604. The molecule has 8 heteroatoms. The summed E-state index contributed by atoms with van der Waals surface area (Å²) in [7, 11) is 0. The van der Waals surface area contributed by atoms with E-state index in [4.69, 9.17) is 0 Å². The highest BCUT2D eigenvalue weighted by Crippen LogP contribution is 2.17. The number of piperazine rings is 1. The number of carbonyl (C=O) groups excluding carboxylic acids is 3. The third kappa shape index (κ3) is 6.79. The fraction of sp³-hybridized carbons (Fsp3) is 0.450. The maximum Gasteiger partial charge on any atom is 0.325 e. The summed E-state index contributed by atoms with van der Waals surface area (Å²) in [5.41, 5.74) is 2.73. The minimum Gasteiger partial charge on any atom is -0.352 e. The van der Waals surface area contributed by atoms with Gasteiger partial charge in [-0.25, -0.2) is 4.79 Å². The standard InChI is InChI=1S/C20H29N5O3/c1-4-8-21-18(26)13-24-9-11-25(12-10-24)14-19(27)23-20(28)22-17-7-5-6-15(2)16(17)3/h4-7H,1,8-14H2,2-3H3,(H,21,26)(H2,22,23,27,28). The number of carbonyl (C=O) groups is 3. The number of benzene rings is 1. The molecule has 0 spiro atoms. The molecule has 0 radical (unpaired) electrons. The molecule has 1 aliphatic heterocycles. The molecule has 4 amide bonds. The highest BCUT2D eigenvalue weighted by molar-refractivity contribution is 6.02. The van der Waals surface area contributed by atoms with Gasteiger partial charge in [-0.05, 0) is 31.0 Å². The summed E-state index contributed by atoms with van der Waals surface area (Å²) in [6, 6.07) is 5.09. The Balaban J connectivity index is 1.71. The van der Waals surface area contributed by atoms with E-state index < -0.39 is 6.03 Å². The summed E-state index contributed by atoms with van der Waals surface area (Å²) < 4.78 is 0. The number of aryl methyl sites for hydroxylation is 1. The van der Waals surface area contributed by atoms with Crippen LogP contribution in [0, 0.1) is 13.8 Å². The third-order valence-electron chi connectivity index (χ3n) is 4.75. The maximum absolute atomic E-state index is 12.1. The molecule has 0 atom stereocenters. The summed E-state index contributed by atoms with van der Waals surface area (Å²) in [4.78, 5) is 39.9. The van der Waals surface area contributed by atoms with Gasteiger partial charge in [0.1, 0.15) is 0 Å². The van der Waals surface area contributed by atoms with Crippen LogP contribution in [0.1, 0.15) is 11.1 Å². The highest BCUT2D eigenvalue weighted by Gasteiger charge is 2.21. The van der Waals surface area contributed by atoms with Crippen molar-refractivity contribution in [3.8, 4) is 0 Å².